The van der Waals surface area contributed by atoms with Crippen LogP contribution in [0.4, 0.5) is 5.82 Å². The molecule has 2 heterocycles. The number of hydrogen-bond donors (Lipinski definition) is 0. The molecule has 10 heteroatoms. The van der Waals surface area contributed by atoms with Crippen molar-refractivity contribution in [1.82, 2.24) is 19.4 Å². The summed E-state index contributed by atoms with van der Waals surface area (Å²) in [5.74, 6) is 1.24. The number of methoxy groups -OCH3 is 1. The zero-order valence-corrected chi connectivity index (χ0v) is 21.9. The summed E-state index contributed by atoms with van der Waals surface area (Å²) in [6.45, 7) is 7.44. The average molecular weight is 522 g/mol. The highest BCUT2D eigenvalue weighted by Gasteiger charge is 2.29. The fourth-order valence-corrected chi connectivity index (χ4v) is 5.48. The van der Waals surface area contributed by atoms with Gasteiger partial charge in [-0.2, -0.15) is 4.31 Å². The van der Waals surface area contributed by atoms with Gasteiger partial charge in [-0.3, -0.25) is 4.79 Å². The molecule has 1 saturated heterocycles. The zero-order valence-electron chi connectivity index (χ0n) is 21.1. The quantitative estimate of drug-likeness (QED) is 0.400. The number of aromatic nitrogens is 2. The molecule has 0 N–H and O–H groups in total. The van der Waals surface area contributed by atoms with Gasteiger partial charge in [0.05, 0.1) is 24.2 Å². The molecule has 0 bridgehead atoms. The molecule has 0 spiro atoms. The first kappa shape index (κ1) is 26.3. The molecule has 1 aromatic heterocycles. The van der Waals surface area contributed by atoms with Crippen LogP contribution in [-0.4, -0.2) is 80.1 Å². The molecule has 194 valence electrons. The van der Waals surface area contributed by atoms with Gasteiger partial charge in [0.25, 0.3) is 0 Å². The van der Waals surface area contributed by atoms with E-state index >= 15 is 0 Å². The standard InChI is InChI=1S/C27H31N5O4S/c1-4-14-32(37(34,35)24-10-8-21(2)9-11-24)20-27(33)31-17-15-30(16-18-31)26-13-12-25(28-29-26)22-6-5-7-23(19-22)36-3/h4-13,19H,1,14-18,20H2,2-3H3. The maximum Gasteiger partial charge on any atom is 0.243 e. The van der Waals surface area contributed by atoms with Gasteiger partial charge in [-0.05, 0) is 43.3 Å². The molecule has 4 rings (SSSR count). The monoisotopic (exact) mass is 521 g/mol. The van der Waals surface area contributed by atoms with Gasteiger partial charge in [0.15, 0.2) is 5.82 Å². The minimum atomic E-state index is -3.82. The predicted molar refractivity (Wildman–Crippen MR) is 143 cm³/mol. The molecule has 3 aromatic rings. The van der Waals surface area contributed by atoms with Gasteiger partial charge in [0.1, 0.15) is 5.75 Å². The minimum absolute atomic E-state index is 0.0527. The highest BCUT2D eigenvalue weighted by molar-refractivity contribution is 7.89. The molecular weight excluding hydrogens is 490 g/mol. The third kappa shape index (κ3) is 6.15. The average Bonchev–Trinajstić information content (AvgIpc) is 2.93. The van der Waals surface area contributed by atoms with Crippen LogP contribution in [0.15, 0.2) is 78.2 Å². The second kappa shape index (κ2) is 11.5. The Kier molecular flexibility index (Phi) is 8.20. The van der Waals surface area contributed by atoms with Gasteiger partial charge >= 0.3 is 0 Å². The van der Waals surface area contributed by atoms with Gasteiger partial charge in [-0.15, -0.1) is 16.8 Å². The van der Waals surface area contributed by atoms with E-state index in [2.05, 4.69) is 21.7 Å². The second-order valence-electron chi connectivity index (χ2n) is 8.78. The van der Waals surface area contributed by atoms with Crippen LogP contribution in [0.2, 0.25) is 0 Å². The number of anilines is 1. The largest absolute Gasteiger partial charge is 0.497 e. The van der Waals surface area contributed by atoms with Crippen molar-refractivity contribution in [3.05, 3.63) is 78.9 Å². The van der Waals surface area contributed by atoms with Gasteiger partial charge in [0, 0.05) is 38.3 Å². The number of aryl methyl sites for hydroxylation is 1. The summed E-state index contributed by atoms with van der Waals surface area (Å²) < 4.78 is 32.7. The molecule has 0 saturated carbocycles. The summed E-state index contributed by atoms with van der Waals surface area (Å²) in [6, 6.07) is 18.1. The highest BCUT2D eigenvalue weighted by atomic mass is 32.2. The first-order chi connectivity index (χ1) is 17.8. The number of nitrogens with zero attached hydrogens (tertiary/aromatic N) is 5. The summed E-state index contributed by atoms with van der Waals surface area (Å²) in [5.41, 5.74) is 2.62. The predicted octanol–water partition coefficient (Wildman–Crippen LogP) is 2.99. The SMILES string of the molecule is C=CCN(CC(=O)N1CCN(c2ccc(-c3cccc(OC)c3)nn2)CC1)S(=O)(=O)c1ccc(C)cc1. The molecular formula is C27H31N5O4S. The van der Waals surface area contributed by atoms with E-state index in [1.165, 1.54) is 10.4 Å². The van der Waals surface area contributed by atoms with Gasteiger partial charge in [-0.1, -0.05) is 35.9 Å². The van der Waals surface area contributed by atoms with Crippen LogP contribution in [0, 0.1) is 6.92 Å². The Labute approximate surface area is 218 Å². The number of carbonyl (C=O) groups is 1. The van der Waals surface area contributed by atoms with E-state index in [1.807, 2.05) is 43.3 Å². The van der Waals surface area contributed by atoms with Crippen molar-refractivity contribution in [1.29, 1.82) is 0 Å². The summed E-state index contributed by atoms with van der Waals surface area (Å²) >= 11 is 0. The Hall–Kier alpha value is -3.76. The van der Waals surface area contributed by atoms with Crippen molar-refractivity contribution < 1.29 is 17.9 Å². The Bertz CT molecular complexity index is 1340. The van der Waals surface area contributed by atoms with Crippen LogP contribution in [-0.2, 0) is 14.8 Å². The van der Waals surface area contributed by atoms with Crippen molar-refractivity contribution in [3.8, 4) is 17.0 Å². The first-order valence-electron chi connectivity index (χ1n) is 12.0. The Morgan fingerprint density at radius 2 is 1.78 bits per heavy atom. The lowest BCUT2D eigenvalue weighted by Gasteiger charge is -2.36. The molecule has 1 fully saturated rings. The van der Waals surface area contributed by atoms with Crippen LogP contribution in [0.5, 0.6) is 5.75 Å². The van der Waals surface area contributed by atoms with E-state index in [0.29, 0.717) is 26.2 Å². The molecule has 2 aromatic carbocycles. The van der Waals surface area contributed by atoms with Crippen LogP contribution in [0.3, 0.4) is 0 Å². The van der Waals surface area contributed by atoms with Crippen LogP contribution < -0.4 is 9.64 Å². The smallest absolute Gasteiger partial charge is 0.243 e. The van der Waals surface area contributed by atoms with E-state index < -0.39 is 10.0 Å². The number of sulfonamides is 1. The number of rotatable bonds is 9. The van der Waals surface area contributed by atoms with Crippen molar-refractivity contribution in [2.24, 2.45) is 0 Å². The van der Waals surface area contributed by atoms with E-state index in [1.54, 1.807) is 36.3 Å². The van der Waals surface area contributed by atoms with Crippen LogP contribution >= 0.6 is 0 Å². The Morgan fingerprint density at radius 3 is 2.41 bits per heavy atom. The summed E-state index contributed by atoms with van der Waals surface area (Å²) in [7, 11) is -2.20. The molecule has 1 amide bonds. The fraction of sp³-hybridized carbons (Fsp3) is 0.296. The third-order valence-electron chi connectivity index (χ3n) is 6.28. The maximum atomic E-state index is 13.1. The number of piperazine rings is 1. The van der Waals surface area contributed by atoms with Crippen molar-refractivity contribution in [2.75, 3.05) is 51.3 Å². The fourth-order valence-electron chi connectivity index (χ4n) is 4.12. The normalized spacial score (nSPS) is 14.0. The lowest BCUT2D eigenvalue weighted by Crippen LogP contribution is -2.52. The maximum absolute atomic E-state index is 13.1. The van der Waals surface area contributed by atoms with Crippen molar-refractivity contribution >= 4 is 21.7 Å². The Balaban J connectivity index is 1.37. The summed E-state index contributed by atoms with van der Waals surface area (Å²) in [4.78, 5) is 17.0. The number of amides is 1. The topological polar surface area (TPSA) is 95.9 Å². The van der Waals surface area contributed by atoms with E-state index in [0.717, 1.165) is 28.4 Å². The third-order valence-corrected chi connectivity index (χ3v) is 8.10. The molecule has 1 aliphatic rings. The first-order valence-corrected chi connectivity index (χ1v) is 13.4. The van der Waals surface area contributed by atoms with E-state index in [9.17, 15) is 13.2 Å². The van der Waals surface area contributed by atoms with Crippen molar-refractivity contribution in [2.45, 2.75) is 11.8 Å². The zero-order chi connectivity index (χ0) is 26.4. The lowest BCUT2D eigenvalue weighted by molar-refractivity contribution is -0.131. The van der Waals surface area contributed by atoms with Gasteiger partial charge < -0.3 is 14.5 Å². The molecule has 9 nitrogen and oxygen atoms in total. The molecule has 37 heavy (non-hydrogen) atoms. The van der Waals surface area contributed by atoms with Crippen LogP contribution in [0.1, 0.15) is 5.56 Å². The molecule has 0 radical (unpaired) electrons. The number of ether oxygens (including phenoxy) is 1. The number of benzene rings is 2. The Morgan fingerprint density at radius 1 is 1.05 bits per heavy atom. The lowest BCUT2D eigenvalue weighted by atomic mass is 10.1. The molecule has 1 aliphatic heterocycles. The summed E-state index contributed by atoms with van der Waals surface area (Å²) in [5, 5.41) is 8.75. The van der Waals surface area contributed by atoms with Crippen molar-refractivity contribution in [3.63, 3.8) is 0 Å². The second-order valence-corrected chi connectivity index (χ2v) is 10.7. The molecule has 0 atom stereocenters. The number of hydrogen-bond acceptors (Lipinski definition) is 7. The molecule has 0 unspecified atom stereocenters. The van der Waals surface area contributed by atoms with Crippen LogP contribution in [0.25, 0.3) is 11.3 Å². The van der Waals surface area contributed by atoms with E-state index in [4.69, 9.17) is 4.74 Å². The minimum Gasteiger partial charge on any atom is -0.497 e. The molecule has 0 aliphatic carbocycles. The number of carbonyl (C=O) groups excluding carboxylic acids is 1. The van der Waals surface area contributed by atoms with Gasteiger partial charge in [0.2, 0.25) is 15.9 Å². The highest BCUT2D eigenvalue weighted by Crippen LogP contribution is 2.23. The summed E-state index contributed by atoms with van der Waals surface area (Å²) in [6.07, 6.45) is 1.49. The van der Waals surface area contributed by atoms with Gasteiger partial charge in [-0.25, -0.2) is 8.42 Å². The van der Waals surface area contributed by atoms with E-state index in [-0.39, 0.29) is 23.9 Å².